The van der Waals surface area contributed by atoms with Gasteiger partial charge in [-0.15, -0.1) is 0 Å². The number of hydrogen-bond acceptors (Lipinski definition) is 4. The zero-order valence-corrected chi connectivity index (χ0v) is 13.7. The first-order valence-electron chi connectivity index (χ1n) is 8.43. The van der Waals surface area contributed by atoms with Crippen LogP contribution in [0.1, 0.15) is 37.4 Å². The standard InChI is InChI=1S/C16H26N4O3/c1-22-11-13(14-5-3-9-23-14)19-16(21)20-8-2-4-12(10-20)15-17-6-7-18-15/h6-7,12-14H,2-5,8-11H2,1H3,(H,17,18)(H,19,21). The average Bonchev–Trinajstić information content (AvgIpc) is 3.28. The molecule has 2 aliphatic heterocycles. The minimum absolute atomic E-state index is 0.0289. The quantitative estimate of drug-likeness (QED) is 0.861. The first kappa shape index (κ1) is 16.3. The second-order valence-corrected chi connectivity index (χ2v) is 6.32. The number of H-pyrrole nitrogens is 1. The molecule has 0 spiro atoms. The average molecular weight is 322 g/mol. The van der Waals surface area contributed by atoms with Crippen molar-refractivity contribution in [3.63, 3.8) is 0 Å². The third-order valence-electron chi connectivity index (χ3n) is 4.68. The molecule has 0 saturated carbocycles. The van der Waals surface area contributed by atoms with Crippen molar-refractivity contribution in [1.82, 2.24) is 20.2 Å². The highest BCUT2D eigenvalue weighted by molar-refractivity contribution is 5.74. The van der Waals surface area contributed by atoms with Gasteiger partial charge >= 0.3 is 6.03 Å². The molecule has 0 radical (unpaired) electrons. The van der Waals surface area contributed by atoms with E-state index in [1.54, 1.807) is 13.3 Å². The lowest BCUT2D eigenvalue weighted by Gasteiger charge is -2.34. The number of rotatable bonds is 5. The molecule has 1 aromatic heterocycles. The molecule has 0 bridgehead atoms. The molecule has 3 rings (SSSR count). The number of aromatic nitrogens is 2. The fourth-order valence-corrected chi connectivity index (χ4v) is 3.48. The molecule has 2 saturated heterocycles. The van der Waals surface area contributed by atoms with Gasteiger partial charge in [0.1, 0.15) is 5.82 Å². The van der Waals surface area contributed by atoms with Gasteiger partial charge in [0.2, 0.25) is 0 Å². The lowest BCUT2D eigenvalue weighted by Crippen LogP contribution is -2.53. The molecule has 0 aliphatic carbocycles. The van der Waals surface area contributed by atoms with Crippen LogP contribution in [-0.4, -0.2) is 66.5 Å². The normalized spacial score (nSPS) is 26.2. The Morgan fingerprint density at radius 2 is 2.48 bits per heavy atom. The summed E-state index contributed by atoms with van der Waals surface area (Å²) in [5.74, 6) is 1.25. The Kier molecular flexibility index (Phi) is 5.51. The van der Waals surface area contributed by atoms with Gasteiger partial charge in [0, 0.05) is 45.1 Å². The van der Waals surface area contributed by atoms with Crippen LogP contribution >= 0.6 is 0 Å². The van der Waals surface area contributed by atoms with Gasteiger partial charge in [-0.3, -0.25) is 0 Å². The predicted molar refractivity (Wildman–Crippen MR) is 85.3 cm³/mol. The number of piperidine rings is 1. The topological polar surface area (TPSA) is 79.5 Å². The minimum Gasteiger partial charge on any atom is -0.382 e. The van der Waals surface area contributed by atoms with Crippen LogP contribution in [0.5, 0.6) is 0 Å². The molecule has 1 aromatic rings. The highest BCUT2D eigenvalue weighted by Gasteiger charge is 2.31. The molecule has 3 heterocycles. The van der Waals surface area contributed by atoms with Crippen LogP contribution in [0.15, 0.2) is 12.4 Å². The largest absolute Gasteiger partial charge is 0.382 e. The fourth-order valence-electron chi connectivity index (χ4n) is 3.48. The summed E-state index contributed by atoms with van der Waals surface area (Å²) in [7, 11) is 1.65. The van der Waals surface area contributed by atoms with Crippen LogP contribution in [-0.2, 0) is 9.47 Å². The number of carbonyl (C=O) groups excluding carboxylic acids is 1. The summed E-state index contributed by atoms with van der Waals surface area (Å²) in [4.78, 5) is 22.0. The van der Waals surface area contributed by atoms with Gasteiger partial charge in [-0.2, -0.15) is 0 Å². The summed E-state index contributed by atoms with van der Waals surface area (Å²) in [6, 6.07) is -0.113. The van der Waals surface area contributed by atoms with E-state index in [-0.39, 0.29) is 24.1 Å². The summed E-state index contributed by atoms with van der Waals surface area (Å²) in [5, 5.41) is 3.10. The molecular weight excluding hydrogens is 296 g/mol. The van der Waals surface area contributed by atoms with E-state index in [2.05, 4.69) is 15.3 Å². The van der Waals surface area contributed by atoms with Crippen LogP contribution < -0.4 is 5.32 Å². The van der Waals surface area contributed by atoms with E-state index < -0.39 is 0 Å². The maximum atomic E-state index is 12.6. The van der Waals surface area contributed by atoms with Crippen LogP contribution in [0, 0.1) is 0 Å². The van der Waals surface area contributed by atoms with E-state index in [1.165, 1.54) is 0 Å². The van der Waals surface area contributed by atoms with Crippen LogP contribution in [0.3, 0.4) is 0 Å². The van der Waals surface area contributed by atoms with Gasteiger partial charge in [0.15, 0.2) is 0 Å². The molecule has 0 aromatic carbocycles. The number of ether oxygens (including phenoxy) is 2. The molecule has 128 valence electrons. The molecule has 3 atom stereocenters. The van der Waals surface area contributed by atoms with Crippen LogP contribution in [0.4, 0.5) is 4.79 Å². The van der Waals surface area contributed by atoms with Gasteiger partial charge < -0.3 is 24.7 Å². The number of nitrogens with zero attached hydrogens (tertiary/aromatic N) is 2. The van der Waals surface area contributed by atoms with E-state index in [0.29, 0.717) is 13.2 Å². The molecule has 2 amide bonds. The van der Waals surface area contributed by atoms with E-state index in [4.69, 9.17) is 9.47 Å². The van der Waals surface area contributed by atoms with E-state index >= 15 is 0 Å². The lowest BCUT2D eigenvalue weighted by molar-refractivity contribution is 0.0440. The van der Waals surface area contributed by atoms with Crippen LogP contribution in [0.2, 0.25) is 0 Å². The number of amides is 2. The highest BCUT2D eigenvalue weighted by Crippen LogP contribution is 2.24. The van der Waals surface area contributed by atoms with Crippen molar-refractivity contribution >= 4 is 6.03 Å². The first-order valence-corrected chi connectivity index (χ1v) is 8.43. The monoisotopic (exact) mass is 322 g/mol. The third kappa shape index (κ3) is 4.03. The van der Waals surface area contributed by atoms with Gasteiger partial charge in [0.25, 0.3) is 0 Å². The Labute approximate surface area is 136 Å². The number of urea groups is 1. The molecule has 3 unspecified atom stereocenters. The Bertz CT molecular complexity index is 488. The van der Waals surface area contributed by atoms with Crippen molar-refractivity contribution < 1.29 is 14.3 Å². The summed E-state index contributed by atoms with van der Waals surface area (Å²) >= 11 is 0. The van der Waals surface area contributed by atoms with E-state index in [1.807, 2.05) is 11.1 Å². The molecule has 7 nitrogen and oxygen atoms in total. The number of nitrogens with one attached hydrogen (secondary N) is 2. The van der Waals surface area contributed by atoms with Gasteiger partial charge in [-0.1, -0.05) is 0 Å². The molecule has 23 heavy (non-hydrogen) atoms. The van der Waals surface area contributed by atoms with Gasteiger partial charge in [0.05, 0.1) is 18.8 Å². The van der Waals surface area contributed by atoms with Crippen LogP contribution in [0.25, 0.3) is 0 Å². The predicted octanol–water partition coefficient (Wildman–Crippen LogP) is 1.49. The number of methoxy groups -OCH3 is 1. The Balaban J connectivity index is 1.57. The summed E-state index contributed by atoms with van der Waals surface area (Å²) in [6.45, 7) is 2.73. The van der Waals surface area contributed by atoms with Gasteiger partial charge in [-0.25, -0.2) is 9.78 Å². The van der Waals surface area contributed by atoms with Crippen molar-refractivity contribution in [2.75, 3.05) is 33.4 Å². The Hall–Kier alpha value is -1.60. The van der Waals surface area contributed by atoms with E-state index in [9.17, 15) is 4.79 Å². The number of aromatic amines is 1. The highest BCUT2D eigenvalue weighted by atomic mass is 16.5. The molecular formula is C16H26N4O3. The zero-order chi connectivity index (χ0) is 16.1. The number of likely N-dealkylation sites (tertiary alicyclic amines) is 1. The second-order valence-electron chi connectivity index (χ2n) is 6.32. The summed E-state index contributed by atoms with van der Waals surface area (Å²) in [5.41, 5.74) is 0. The number of hydrogen-bond donors (Lipinski definition) is 2. The molecule has 2 aliphatic rings. The minimum atomic E-state index is -0.0843. The zero-order valence-electron chi connectivity index (χ0n) is 13.7. The van der Waals surface area contributed by atoms with Crippen molar-refractivity contribution in [3.05, 3.63) is 18.2 Å². The Morgan fingerprint density at radius 3 is 3.17 bits per heavy atom. The van der Waals surface area contributed by atoms with Gasteiger partial charge in [-0.05, 0) is 25.7 Å². The van der Waals surface area contributed by atoms with E-state index in [0.717, 1.165) is 44.7 Å². The summed E-state index contributed by atoms with van der Waals surface area (Å²) < 4.78 is 11.0. The molecule has 7 heteroatoms. The fraction of sp³-hybridized carbons (Fsp3) is 0.750. The number of imidazole rings is 1. The lowest BCUT2D eigenvalue weighted by atomic mass is 9.97. The molecule has 2 N–H and O–H groups in total. The van der Waals surface area contributed by atoms with Crippen molar-refractivity contribution in [2.24, 2.45) is 0 Å². The van der Waals surface area contributed by atoms with Crippen molar-refractivity contribution in [2.45, 2.75) is 43.7 Å². The SMILES string of the molecule is COCC(NC(=O)N1CCCC(c2ncc[nH]2)C1)C1CCCO1. The third-order valence-corrected chi connectivity index (χ3v) is 4.68. The Morgan fingerprint density at radius 1 is 1.57 bits per heavy atom. The van der Waals surface area contributed by atoms with Crippen molar-refractivity contribution in [1.29, 1.82) is 0 Å². The number of carbonyl (C=O) groups is 1. The van der Waals surface area contributed by atoms with Crippen molar-refractivity contribution in [3.8, 4) is 0 Å². The first-order chi connectivity index (χ1) is 11.3. The summed E-state index contributed by atoms with van der Waals surface area (Å²) in [6.07, 6.45) is 7.73. The second kappa shape index (κ2) is 7.79. The molecule has 2 fully saturated rings. The maximum Gasteiger partial charge on any atom is 0.317 e. The smallest absolute Gasteiger partial charge is 0.317 e. The maximum absolute atomic E-state index is 12.6.